The molecule has 1 aromatic carbocycles. The van der Waals surface area contributed by atoms with Gasteiger partial charge in [0.25, 0.3) is 5.56 Å². The van der Waals surface area contributed by atoms with E-state index in [-0.39, 0.29) is 11.2 Å². The van der Waals surface area contributed by atoms with Gasteiger partial charge in [-0.3, -0.25) is 13.9 Å². The van der Waals surface area contributed by atoms with Crippen molar-refractivity contribution in [3.63, 3.8) is 0 Å². The molecule has 0 radical (unpaired) electrons. The lowest BCUT2D eigenvalue weighted by molar-refractivity contribution is 0.507. The van der Waals surface area contributed by atoms with Gasteiger partial charge in [-0.05, 0) is 12.8 Å². The van der Waals surface area contributed by atoms with Crippen LogP contribution in [0.4, 0.5) is 0 Å². The molecule has 0 spiro atoms. The zero-order valence-electron chi connectivity index (χ0n) is 18.6. The third-order valence-electron chi connectivity index (χ3n) is 5.74. The second-order valence-electron chi connectivity index (χ2n) is 8.04. The molecule has 0 aliphatic heterocycles. The number of hydrogen-bond donors (Lipinski definition) is 0. The number of unbranched alkanes of at least 4 members (excludes halogenated alkanes) is 6. The van der Waals surface area contributed by atoms with E-state index in [9.17, 15) is 9.59 Å². The maximum Gasteiger partial charge on any atom is 0.332 e. The van der Waals surface area contributed by atoms with E-state index < -0.39 is 0 Å². The number of aromatic nitrogens is 4. The number of imidazole rings is 1. The van der Waals surface area contributed by atoms with Crippen LogP contribution >= 0.6 is 0 Å². The van der Waals surface area contributed by atoms with Crippen LogP contribution in [-0.4, -0.2) is 18.7 Å². The largest absolute Gasteiger partial charge is 0.332 e. The summed E-state index contributed by atoms with van der Waals surface area (Å²) in [5, 5.41) is 0. The molecular weight excluding hydrogens is 376 g/mol. The van der Waals surface area contributed by atoms with E-state index in [1.54, 1.807) is 4.57 Å². The molecule has 0 N–H and O–H groups in total. The third kappa shape index (κ3) is 4.58. The van der Waals surface area contributed by atoms with Crippen LogP contribution in [0.2, 0.25) is 0 Å². The fourth-order valence-electron chi connectivity index (χ4n) is 4.00. The van der Waals surface area contributed by atoms with E-state index in [1.807, 2.05) is 41.9 Å². The van der Waals surface area contributed by atoms with Crippen molar-refractivity contribution in [2.45, 2.75) is 78.3 Å². The van der Waals surface area contributed by atoms with E-state index in [0.29, 0.717) is 30.1 Å². The number of rotatable bonds is 11. The molecule has 0 unspecified atom stereocenters. The Morgan fingerprint density at radius 3 is 2.00 bits per heavy atom. The highest BCUT2D eigenvalue weighted by atomic mass is 16.2. The first-order valence-corrected chi connectivity index (χ1v) is 11.4. The summed E-state index contributed by atoms with van der Waals surface area (Å²) in [6, 6.07) is 9.83. The van der Waals surface area contributed by atoms with Gasteiger partial charge in [0.2, 0.25) is 0 Å². The van der Waals surface area contributed by atoms with Gasteiger partial charge in [-0.1, -0.05) is 82.7 Å². The SMILES string of the molecule is CCCCCCn1c(=O)c2c(nc(-c3ccccc3)n2C)n(CCCCCC)c1=O. The Morgan fingerprint density at radius 1 is 0.800 bits per heavy atom. The van der Waals surface area contributed by atoms with Crippen LogP contribution < -0.4 is 11.2 Å². The highest BCUT2D eigenvalue weighted by molar-refractivity contribution is 5.76. The summed E-state index contributed by atoms with van der Waals surface area (Å²) in [6.07, 6.45) is 8.37. The molecule has 3 aromatic rings. The second kappa shape index (κ2) is 10.4. The fraction of sp³-hybridized carbons (Fsp3) is 0.542. The number of hydrogen-bond acceptors (Lipinski definition) is 3. The number of fused-ring (bicyclic) bond motifs is 1. The summed E-state index contributed by atoms with van der Waals surface area (Å²) >= 11 is 0. The minimum atomic E-state index is -0.228. The Hall–Kier alpha value is -2.63. The van der Waals surface area contributed by atoms with Crippen LogP contribution in [0.25, 0.3) is 22.6 Å². The van der Waals surface area contributed by atoms with Crippen LogP contribution in [0.3, 0.4) is 0 Å². The molecule has 0 saturated heterocycles. The topological polar surface area (TPSA) is 61.8 Å². The molecule has 6 nitrogen and oxygen atoms in total. The second-order valence-corrected chi connectivity index (χ2v) is 8.04. The molecule has 30 heavy (non-hydrogen) atoms. The Morgan fingerprint density at radius 2 is 1.40 bits per heavy atom. The van der Waals surface area contributed by atoms with Crippen molar-refractivity contribution in [1.29, 1.82) is 0 Å². The Kier molecular flexibility index (Phi) is 7.66. The van der Waals surface area contributed by atoms with Gasteiger partial charge in [0, 0.05) is 25.7 Å². The van der Waals surface area contributed by atoms with E-state index in [2.05, 4.69) is 13.8 Å². The van der Waals surface area contributed by atoms with Crippen molar-refractivity contribution in [1.82, 2.24) is 18.7 Å². The maximum atomic E-state index is 13.3. The first-order chi connectivity index (χ1) is 14.6. The number of benzene rings is 1. The van der Waals surface area contributed by atoms with Crippen molar-refractivity contribution in [2.24, 2.45) is 7.05 Å². The van der Waals surface area contributed by atoms with Gasteiger partial charge >= 0.3 is 5.69 Å². The number of aryl methyl sites for hydroxylation is 2. The third-order valence-corrected chi connectivity index (χ3v) is 5.74. The molecule has 0 fully saturated rings. The summed E-state index contributed by atoms with van der Waals surface area (Å²) < 4.78 is 4.99. The van der Waals surface area contributed by atoms with Gasteiger partial charge in [0.05, 0.1) is 0 Å². The summed E-state index contributed by atoms with van der Waals surface area (Å²) in [6.45, 7) is 5.39. The van der Waals surface area contributed by atoms with Crippen LogP contribution in [0.15, 0.2) is 39.9 Å². The van der Waals surface area contributed by atoms with Crippen LogP contribution in [0.1, 0.15) is 65.2 Å². The molecule has 0 amide bonds. The van der Waals surface area contributed by atoms with Gasteiger partial charge in [0.1, 0.15) is 5.82 Å². The fourth-order valence-corrected chi connectivity index (χ4v) is 4.00. The lowest BCUT2D eigenvalue weighted by atomic mass is 10.2. The van der Waals surface area contributed by atoms with Crippen molar-refractivity contribution in [3.05, 3.63) is 51.2 Å². The highest BCUT2D eigenvalue weighted by Crippen LogP contribution is 2.21. The molecule has 0 bridgehead atoms. The maximum absolute atomic E-state index is 13.3. The lowest BCUT2D eigenvalue weighted by Crippen LogP contribution is -2.40. The quantitative estimate of drug-likeness (QED) is 0.430. The van der Waals surface area contributed by atoms with Gasteiger partial charge in [-0.2, -0.15) is 0 Å². The van der Waals surface area contributed by atoms with Gasteiger partial charge in [-0.25, -0.2) is 9.78 Å². The molecule has 2 aromatic heterocycles. The minimum Gasteiger partial charge on any atom is -0.321 e. The molecule has 0 aliphatic rings. The predicted octanol–water partition coefficient (Wildman–Crippen LogP) is 4.72. The Labute approximate surface area is 178 Å². The van der Waals surface area contributed by atoms with Crippen molar-refractivity contribution < 1.29 is 0 Å². The summed E-state index contributed by atoms with van der Waals surface area (Å²) in [5.74, 6) is 0.716. The zero-order valence-corrected chi connectivity index (χ0v) is 18.6. The monoisotopic (exact) mass is 410 g/mol. The first-order valence-electron chi connectivity index (χ1n) is 11.4. The van der Waals surface area contributed by atoms with Gasteiger partial charge in [0.15, 0.2) is 11.2 Å². The predicted molar refractivity (Wildman–Crippen MR) is 123 cm³/mol. The van der Waals surface area contributed by atoms with Crippen molar-refractivity contribution in [3.8, 4) is 11.4 Å². The zero-order chi connectivity index (χ0) is 21.5. The number of nitrogens with zero attached hydrogens (tertiary/aromatic N) is 4. The van der Waals surface area contributed by atoms with E-state index >= 15 is 0 Å². The molecule has 162 valence electrons. The van der Waals surface area contributed by atoms with Crippen molar-refractivity contribution in [2.75, 3.05) is 0 Å². The van der Waals surface area contributed by atoms with Crippen LogP contribution in [0.5, 0.6) is 0 Å². The average Bonchev–Trinajstić information content (AvgIpc) is 3.10. The molecule has 2 heterocycles. The van der Waals surface area contributed by atoms with Gasteiger partial charge in [-0.15, -0.1) is 0 Å². The lowest BCUT2D eigenvalue weighted by Gasteiger charge is -2.12. The summed E-state index contributed by atoms with van der Waals surface area (Å²) in [5.41, 5.74) is 1.51. The molecule has 0 aliphatic carbocycles. The normalized spacial score (nSPS) is 11.4. The first kappa shape index (κ1) is 22.1. The minimum absolute atomic E-state index is 0.224. The van der Waals surface area contributed by atoms with E-state index in [0.717, 1.165) is 56.9 Å². The average molecular weight is 411 g/mol. The van der Waals surface area contributed by atoms with E-state index in [4.69, 9.17) is 4.98 Å². The summed E-state index contributed by atoms with van der Waals surface area (Å²) in [4.78, 5) is 31.3. The van der Waals surface area contributed by atoms with Crippen LogP contribution in [-0.2, 0) is 20.1 Å². The Bertz CT molecular complexity index is 1080. The van der Waals surface area contributed by atoms with Crippen LogP contribution in [0, 0.1) is 0 Å². The van der Waals surface area contributed by atoms with E-state index in [1.165, 1.54) is 4.57 Å². The molecule has 6 heteroatoms. The smallest absolute Gasteiger partial charge is 0.321 e. The molecule has 0 atom stereocenters. The standard InChI is InChI=1S/C24H34N4O2/c1-4-6-8-13-17-27-22-20(23(29)28(24(27)30)18-14-9-7-5-2)26(3)21(25-22)19-15-11-10-12-16-19/h10-12,15-16H,4-9,13-14,17-18H2,1-3H3. The highest BCUT2D eigenvalue weighted by Gasteiger charge is 2.20. The van der Waals surface area contributed by atoms with Crippen molar-refractivity contribution >= 4 is 11.2 Å². The summed E-state index contributed by atoms with van der Waals surface area (Å²) in [7, 11) is 1.87. The van der Waals surface area contributed by atoms with Gasteiger partial charge < -0.3 is 4.57 Å². The Balaban J connectivity index is 2.11. The molecule has 3 rings (SSSR count). The molecular formula is C24H34N4O2. The molecule has 0 saturated carbocycles.